The lowest BCUT2D eigenvalue weighted by Crippen LogP contribution is -2.48. The summed E-state index contributed by atoms with van der Waals surface area (Å²) in [5.41, 5.74) is 1.34. The number of ether oxygens (including phenoxy) is 1. The van der Waals surface area contributed by atoms with Crippen molar-refractivity contribution in [1.29, 1.82) is 0 Å². The van der Waals surface area contributed by atoms with Crippen molar-refractivity contribution in [3.63, 3.8) is 0 Å². The zero-order valence-electron chi connectivity index (χ0n) is 17.1. The Balaban J connectivity index is 1.59. The molecular weight excluding hydrogens is 468 g/mol. The number of nitrogens with zero attached hydrogens (tertiary/aromatic N) is 3. The van der Waals surface area contributed by atoms with E-state index in [1.807, 2.05) is 6.92 Å². The summed E-state index contributed by atoms with van der Waals surface area (Å²) in [7, 11) is -3.90. The third-order valence-corrected chi connectivity index (χ3v) is 8.36. The molecule has 0 saturated heterocycles. The van der Waals surface area contributed by atoms with Crippen LogP contribution in [-0.2, 0) is 14.8 Å². The smallest absolute Gasteiger partial charge is 0.269 e. The highest BCUT2D eigenvalue weighted by molar-refractivity contribution is 8.01. The van der Waals surface area contributed by atoms with Crippen LogP contribution in [0.1, 0.15) is 5.56 Å². The maximum Gasteiger partial charge on any atom is 0.269 e. The summed E-state index contributed by atoms with van der Waals surface area (Å²) in [6.07, 6.45) is 0.694. The number of anilines is 2. The highest BCUT2D eigenvalue weighted by atomic mass is 32.2. The largest absolute Gasteiger partial charge is 0.476 e. The monoisotopic (exact) mass is 488 g/mol. The van der Waals surface area contributed by atoms with Crippen LogP contribution < -0.4 is 14.4 Å². The first-order valence-electron chi connectivity index (χ1n) is 9.61. The second-order valence-corrected chi connectivity index (χ2v) is 11.0. The predicted octanol–water partition coefficient (Wildman–Crippen LogP) is 3.72. The number of aryl methyl sites for hydroxylation is 1. The Labute approximate surface area is 194 Å². The highest BCUT2D eigenvalue weighted by Gasteiger charge is 2.37. The van der Waals surface area contributed by atoms with Gasteiger partial charge in [-0.3, -0.25) is 14.4 Å². The number of hydrogen-bond donors (Lipinski definition) is 1. The Morgan fingerprint density at radius 3 is 2.78 bits per heavy atom. The summed E-state index contributed by atoms with van der Waals surface area (Å²) in [5, 5.41) is 11.0. The first kappa shape index (κ1) is 22.3. The molecule has 4 rings (SSSR count). The van der Waals surface area contributed by atoms with Gasteiger partial charge in [0, 0.05) is 5.75 Å². The number of hydrogen-bond acceptors (Lipinski definition) is 8. The average molecular weight is 489 g/mol. The van der Waals surface area contributed by atoms with Crippen molar-refractivity contribution in [3.8, 4) is 5.75 Å². The number of fused-ring (bicyclic) bond motifs is 1. The molecule has 0 bridgehead atoms. The van der Waals surface area contributed by atoms with Gasteiger partial charge >= 0.3 is 0 Å². The molecule has 1 aliphatic heterocycles. The Bertz CT molecular complexity index is 1240. The molecule has 8 nitrogen and oxygen atoms in total. The molecule has 1 amide bonds. The summed E-state index contributed by atoms with van der Waals surface area (Å²) in [5.74, 6) is 0.491. The van der Waals surface area contributed by atoms with Crippen LogP contribution in [0.4, 0.5) is 10.8 Å². The maximum absolute atomic E-state index is 13.4. The summed E-state index contributed by atoms with van der Waals surface area (Å²) in [6.45, 7) is 5.37. The number of thioether (sulfide) groups is 1. The molecule has 1 N–H and O–H groups in total. The SMILES string of the molecule is C=CCSc1nnc(NC(=O)C2CN(S(=O)(=O)c3ccc(C)cc3)c3ccccc3O2)s1. The maximum atomic E-state index is 13.4. The van der Waals surface area contributed by atoms with Crippen molar-refractivity contribution in [2.45, 2.75) is 22.3 Å². The van der Waals surface area contributed by atoms with Crippen LogP contribution in [0.15, 0.2) is 70.4 Å². The quantitative estimate of drug-likeness (QED) is 0.307. The molecule has 11 heteroatoms. The lowest BCUT2D eigenvalue weighted by atomic mass is 10.2. The normalized spacial score (nSPS) is 15.5. The van der Waals surface area contributed by atoms with Gasteiger partial charge in [0.25, 0.3) is 15.9 Å². The Hall–Kier alpha value is -2.89. The average Bonchev–Trinajstić information content (AvgIpc) is 3.24. The van der Waals surface area contributed by atoms with Crippen LogP contribution in [0.2, 0.25) is 0 Å². The van der Waals surface area contributed by atoms with Gasteiger partial charge in [-0.05, 0) is 31.2 Å². The number of carbonyl (C=O) groups excluding carboxylic acids is 1. The van der Waals surface area contributed by atoms with E-state index < -0.39 is 22.0 Å². The minimum atomic E-state index is -3.90. The number of rotatable bonds is 7. The molecule has 0 saturated carbocycles. The van der Waals surface area contributed by atoms with Gasteiger partial charge < -0.3 is 4.74 Å². The molecule has 1 unspecified atom stereocenters. The molecule has 2 heterocycles. The minimum absolute atomic E-state index is 0.145. The zero-order chi connectivity index (χ0) is 22.7. The number of amides is 1. The van der Waals surface area contributed by atoms with Gasteiger partial charge in [-0.1, -0.05) is 59.0 Å². The fourth-order valence-electron chi connectivity index (χ4n) is 3.04. The highest BCUT2D eigenvalue weighted by Crippen LogP contribution is 2.37. The summed E-state index contributed by atoms with van der Waals surface area (Å²) >= 11 is 2.68. The van der Waals surface area contributed by atoms with Crippen LogP contribution >= 0.6 is 23.1 Å². The summed E-state index contributed by atoms with van der Waals surface area (Å²) < 4.78 is 34.5. The number of carbonyl (C=O) groups is 1. The lowest BCUT2D eigenvalue weighted by molar-refractivity contribution is -0.122. The van der Waals surface area contributed by atoms with Gasteiger partial charge in [0.15, 0.2) is 10.4 Å². The van der Waals surface area contributed by atoms with E-state index in [4.69, 9.17) is 4.74 Å². The van der Waals surface area contributed by atoms with Crippen molar-refractivity contribution in [2.24, 2.45) is 0 Å². The molecule has 0 spiro atoms. The van der Waals surface area contributed by atoms with Gasteiger partial charge in [-0.2, -0.15) is 0 Å². The van der Waals surface area contributed by atoms with Crippen LogP contribution in [0.25, 0.3) is 0 Å². The van der Waals surface area contributed by atoms with Crippen LogP contribution in [0.5, 0.6) is 5.75 Å². The van der Waals surface area contributed by atoms with Crippen molar-refractivity contribution in [3.05, 3.63) is 66.7 Å². The van der Waals surface area contributed by atoms with Crippen molar-refractivity contribution >= 4 is 49.8 Å². The number of aromatic nitrogens is 2. The molecule has 0 aliphatic carbocycles. The fraction of sp³-hybridized carbons (Fsp3) is 0.190. The molecule has 32 heavy (non-hydrogen) atoms. The Morgan fingerprint density at radius 1 is 1.28 bits per heavy atom. The minimum Gasteiger partial charge on any atom is -0.476 e. The van der Waals surface area contributed by atoms with E-state index in [0.29, 0.717) is 26.7 Å². The van der Waals surface area contributed by atoms with E-state index in [0.717, 1.165) is 5.56 Å². The zero-order valence-corrected chi connectivity index (χ0v) is 19.5. The number of benzene rings is 2. The second kappa shape index (κ2) is 9.31. The first-order chi connectivity index (χ1) is 15.4. The Morgan fingerprint density at radius 2 is 2.03 bits per heavy atom. The van der Waals surface area contributed by atoms with E-state index in [1.54, 1.807) is 54.6 Å². The molecule has 2 aromatic carbocycles. The van der Waals surface area contributed by atoms with E-state index in [2.05, 4.69) is 22.1 Å². The molecule has 3 aromatic rings. The molecule has 0 fully saturated rings. The van der Waals surface area contributed by atoms with E-state index >= 15 is 0 Å². The van der Waals surface area contributed by atoms with Crippen molar-refractivity contribution in [1.82, 2.24) is 10.2 Å². The summed E-state index contributed by atoms with van der Waals surface area (Å²) in [4.78, 5) is 13.1. The molecule has 1 aliphatic rings. The molecule has 1 aromatic heterocycles. The van der Waals surface area contributed by atoms with Gasteiger partial charge in [0.05, 0.1) is 17.1 Å². The second-order valence-electron chi connectivity index (χ2n) is 6.89. The van der Waals surface area contributed by atoms with Crippen LogP contribution in [0.3, 0.4) is 0 Å². The van der Waals surface area contributed by atoms with Gasteiger partial charge in [-0.25, -0.2) is 8.42 Å². The predicted molar refractivity (Wildman–Crippen MR) is 126 cm³/mol. The topological polar surface area (TPSA) is 101 Å². The van der Waals surface area contributed by atoms with E-state index in [9.17, 15) is 13.2 Å². The standard InChI is InChI=1S/C21H20N4O4S3/c1-3-12-30-21-24-23-20(31-21)22-19(26)18-13-25(16-6-4-5-7-17(16)29-18)32(27,28)15-10-8-14(2)9-11-15/h3-11,18H,1,12-13H2,2H3,(H,22,23,26). The van der Waals surface area contributed by atoms with E-state index in [-0.39, 0.29) is 11.4 Å². The third kappa shape index (κ3) is 4.64. The van der Waals surface area contributed by atoms with Crippen LogP contribution in [0, 0.1) is 6.92 Å². The molecular formula is C21H20N4O4S3. The Kier molecular flexibility index (Phi) is 6.49. The van der Waals surface area contributed by atoms with Crippen LogP contribution in [-0.4, -0.2) is 42.9 Å². The van der Waals surface area contributed by atoms with Gasteiger partial charge in [-0.15, -0.1) is 16.8 Å². The van der Waals surface area contributed by atoms with Gasteiger partial charge in [0.2, 0.25) is 5.13 Å². The molecule has 0 radical (unpaired) electrons. The van der Waals surface area contributed by atoms with Crippen molar-refractivity contribution in [2.75, 3.05) is 21.9 Å². The number of para-hydroxylation sites is 2. The third-order valence-electron chi connectivity index (χ3n) is 4.60. The number of sulfonamides is 1. The fourth-order valence-corrected chi connectivity index (χ4v) is 6.03. The molecule has 1 atom stereocenters. The summed E-state index contributed by atoms with van der Waals surface area (Å²) in [6, 6.07) is 13.3. The van der Waals surface area contributed by atoms with E-state index in [1.165, 1.54) is 27.4 Å². The molecule has 166 valence electrons. The number of nitrogens with one attached hydrogen (secondary N) is 1. The van der Waals surface area contributed by atoms with Gasteiger partial charge in [0.1, 0.15) is 5.75 Å². The lowest BCUT2D eigenvalue weighted by Gasteiger charge is -2.34. The first-order valence-corrected chi connectivity index (χ1v) is 12.9. The van der Waals surface area contributed by atoms with Crippen molar-refractivity contribution < 1.29 is 17.9 Å².